The van der Waals surface area contributed by atoms with Crippen molar-refractivity contribution < 1.29 is 0 Å². The largest absolute Gasteiger partial charge is 0.281 e. The van der Waals surface area contributed by atoms with Crippen LogP contribution in [0.25, 0.3) is 16.0 Å². The number of halogens is 1. The molecule has 0 aliphatic carbocycles. The van der Waals surface area contributed by atoms with E-state index in [1.54, 1.807) is 23.1 Å². The van der Waals surface area contributed by atoms with Gasteiger partial charge in [0.05, 0.1) is 22.4 Å². The lowest BCUT2D eigenvalue weighted by atomic mass is 10.3. The van der Waals surface area contributed by atoms with Crippen LogP contribution in [0.1, 0.15) is 11.4 Å². The lowest BCUT2D eigenvalue weighted by Gasteiger charge is -2.05. The molecule has 0 fully saturated rings. The van der Waals surface area contributed by atoms with Gasteiger partial charge in [0.25, 0.3) is 0 Å². The van der Waals surface area contributed by atoms with E-state index in [-0.39, 0.29) is 0 Å². The predicted molar refractivity (Wildman–Crippen MR) is 91.9 cm³/mol. The van der Waals surface area contributed by atoms with Crippen molar-refractivity contribution in [1.82, 2.24) is 19.4 Å². The van der Waals surface area contributed by atoms with Gasteiger partial charge in [-0.25, -0.2) is 15.0 Å². The first kappa shape index (κ1) is 14.0. The van der Waals surface area contributed by atoms with Crippen LogP contribution in [-0.4, -0.2) is 19.4 Å². The third-order valence-corrected chi connectivity index (χ3v) is 5.55. The normalized spacial score (nSPS) is 11.5. The molecule has 0 saturated carbocycles. The zero-order chi connectivity index (χ0) is 15.1. The number of hydrogen-bond donors (Lipinski definition) is 0. The fraction of sp³-hybridized carbons (Fsp3) is 0.133. The highest BCUT2D eigenvalue weighted by atomic mass is 35.5. The van der Waals surface area contributed by atoms with Crippen LogP contribution < -0.4 is 0 Å². The minimum atomic E-state index is 0.676. The molecule has 4 rings (SSSR count). The van der Waals surface area contributed by atoms with Crippen molar-refractivity contribution in [2.75, 3.05) is 0 Å². The molecular weight excluding hydrogens is 336 g/mol. The van der Waals surface area contributed by atoms with Crippen LogP contribution in [-0.2, 0) is 5.75 Å². The average Bonchev–Trinajstić information content (AvgIpc) is 3.09. The Morgan fingerprint density at radius 2 is 1.95 bits per heavy atom. The Kier molecular flexibility index (Phi) is 3.52. The first-order valence-electron chi connectivity index (χ1n) is 6.68. The fourth-order valence-electron chi connectivity index (χ4n) is 2.24. The maximum absolute atomic E-state index is 6.36. The number of nitrogens with zero attached hydrogens (tertiary/aromatic N) is 4. The van der Waals surface area contributed by atoms with Crippen molar-refractivity contribution in [3.8, 4) is 0 Å². The molecule has 110 valence electrons. The molecule has 7 heteroatoms. The molecule has 0 amide bonds. The van der Waals surface area contributed by atoms with E-state index in [1.165, 1.54) is 0 Å². The van der Waals surface area contributed by atoms with E-state index in [1.807, 2.05) is 47.2 Å². The molecule has 0 aliphatic rings. The number of aryl methyl sites for hydroxylation is 1. The third kappa shape index (κ3) is 2.37. The zero-order valence-corrected chi connectivity index (χ0v) is 14.0. The van der Waals surface area contributed by atoms with Gasteiger partial charge in [0, 0.05) is 17.3 Å². The molecule has 0 saturated heterocycles. The number of para-hydroxylation sites is 2. The molecule has 0 aliphatic heterocycles. The SMILES string of the molecule is Cc1nc2ccccc2nc1SCc1nc2sccn2c1Cl. The van der Waals surface area contributed by atoms with E-state index in [0.717, 1.165) is 32.4 Å². The van der Waals surface area contributed by atoms with Crippen molar-refractivity contribution >= 4 is 50.7 Å². The summed E-state index contributed by atoms with van der Waals surface area (Å²) in [5, 5.41) is 3.57. The molecule has 3 aromatic heterocycles. The lowest BCUT2D eigenvalue weighted by Crippen LogP contribution is -1.93. The van der Waals surface area contributed by atoms with Crippen LogP contribution in [0, 0.1) is 6.92 Å². The molecule has 3 heterocycles. The first-order chi connectivity index (χ1) is 10.7. The van der Waals surface area contributed by atoms with Crippen LogP contribution in [0.2, 0.25) is 5.15 Å². The van der Waals surface area contributed by atoms with E-state index in [9.17, 15) is 0 Å². The number of imidazole rings is 1. The average molecular weight is 347 g/mol. The minimum absolute atomic E-state index is 0.676. The van der Waals surface area contributed by atoms with Crippen LogP contribution in [0.15, 0.2) is 40.9 Å². The molecule has 22 heavy (non-hydrogen) atoms. The van der Waals surface area contributed by atoms with Crippen molar-refractivity contribution in [3.05, 3.63) is 52.4 Å². The number of thioether (sulfide) groups is 1. The summed E-state index contributed by atoms with van der Waals surface area (Å²) in [7, 11) is 0. The fourth-order valence-corrected chi connectivity index (χ4v) is 4.24. The van der Waals surface area contributed by atoms with Crippen LogP contribution in [0.4, 0.5) is 0 Å². The van der Waals surface area contributed by atoms with Crippen LogP contribution >= 0.6 is 34.7 Å². The quantitative estimate of drug-likeness (QED) is 0.509. The molecule has 0 N–H and O–H groups in total. The van der Waals surface area contributed by atoms with Crippen molar-refractivity contribution in [3.63, 3.8) is 0 Å². The second-order valence-corrected chi connectivity index (χ2v) is 6.99. The number of rotatable bonds is 3. The van der Waals surface area contributed by atoms with Crippen molar-refractivity contribution in [1.29, 1.82) is 0 Å². The molecule has 0 unspecified atom stereocenters. The summed E-state index contributed by atoms with van der Waals surface area (Å²) >= 11 is 9.56. The Hall–Kier alpha value is -1.63. The van der Waals surface area contributed by atoms with Crippen molar-refractivity contribution in [2.45, 2.75) is 17.7 Å². The zero-order valence-electron chi connectivity index (χ0n) is 11.7. The maximum atomic E-state index is 6.36. The van der Waals surface area contributed by atoms with Gasteiger partial charge in [0.2, 0.25) is 0 Å². The summed E-state index contributed by atoms with van der Waals surface area (Å²) in [4.78, 5) is 14.8. The molecule has 0 spiro atoms. The van der Waals surface area contributed by atoms with Gasteiger partial charge in [-0.1, -0.05) is 35.5 Å². The Morgan fingerprint density at radius 3 is 2.73 bits per heavy atom. The Labute approximate surface area is 140 Å². The van der Waals surface area contributed by atoms with E-state index in [0.29, 0.717) is 10.9 Å². The standard InChI is InChI=1S/C15H11ClN4S2/c1-9-14(18-11-5-3-2-4-10(11)17-9)22-8-12-13(16)20-6-7-21-15(20)19-12/h2-7H,8H2,1H3. The first-order valence-corrected chi connectivity index (χ1v) is 8.93. The van der Waals surface area contributed by atoms with Gasteiger partial charge in [0.1, 0.15) is 10.2 Å². The summed E-state index contributed by atoms with van der Waals surface area (Å²) in [5.41, 5.74) is 3.64. The Bertz CT molecular complexity index is 976. The summed E-state index contributed by atoms with van der Waals surface area (Å²) in [5.74, 6) is 0.682. The molecular formula is C15H11ClN4S2. The third-order valence-electron chi connectivity index (χ3n) is 3.32. The number of aromatic nitrogens is 4. The number of hydrogen-bond acceptors (Lipinski definition) is 5. The van der Waals surface area contributed by atoms with Gasteiger partial charge in [-0.2, -0.15) is 0 Å². The van der Waals surface area contributed by atoms with Crippen LogP contribution in [0.5, 0.6) is 0 Å². The summed E-state index contributed by atoms with van der Waals surface area (Å²) in [6.07, 6.45) is 1.94. The molecule has 0 radical (unpaired) electrons. The monoisotopic (exact) mass is 346 g/mol. The van der Waals surface area contributed by atoms with Gasteiger partial charge in [-0.3, -0.25) is 4.40 Å². The second kappa shape index (κ2) is 5.53. The lowest BCUT2D eigenvalue weighted by molar-refractivity contribution is 1.04. The number of thiazole rings is 1. The van der Waals surface area contributed by atoms with E-state index in [4.69, 9.17) is 11.6 Å². The topological polar surface area (TPSA) is 43.1 Å². The van der Waals surface area contributed by atoms with Gasteiger partial charge in [-0.05, 0) is 19.1 Å². The highest BCUT2D eigenvalue weighted by Gasteiger charge is 2.13. The minimum Gasteiger partial charge on any atom is -0.281 e. The van der Waals surface area contributed by atoms with E-state index in [2.05, 4.69) is 15.0 Å². The highest BCUT2D eigenvalue weighted by molar-refractivity contribution is 7.98. The van der Waals surface area contributed by atoms with Gasteiger partial charge >= 0.3 is 0 Å². The molecule has 0 bridgehead atoms. The maximum Gasteiger partial charge on any atom is 0.195 e. The molecule has 4 nitrogen and oxygen atoms in total. The van der Waals surface area contributed by atoms with E-state index < -0.39 is 0 Å². The van der Waals surface area contributed by atoms with Crippen LogP contribution in [0.3, 0.4) is 0 Å². The summed E-state index contributed by atoms with van der Waals surface area (Å²) in [6, 6.07) is 7.90. The summed E-state index contributed by atoms with van der Waals surface area (Å²) < 4.78 is 1.90. The highest BCUT2D eigenvalue weighted by Crippen LogP contribution is 2.29. The number of fused-ring (bicyclic) bond motifs is 2. The van der Waals surface area contributed by atoms with E-state index >= 15 is 0 Å². The Balaban J connectivity index is 1.64. The van der Waals surface area contributed by atoms with Gasteiger partial charge < -0.3 is 0 Å². The van der Waals surface area contributed by atoms with Crippen molar-refractivity contribution in [2.24, 2.45) is 0 Å². The molecule has 1 aromatic carbocycles. The molecule has 4 aromatic rings. The van der Waals surface area contributed by atoms with Gasteiger partial charge in [-0.15, -0.1) is 11.3 Å². The Morgan fingerprint density at radius 1 is 1.18 bits per heavy atom. The number of benzene rings is 1. The molecule has 0 atom stereocenters. The predicted octanol–water partition coefficient (Wildman–Crippen LogP) is 4.59. The smallest absolute Gasteiger partial charge is 0.195 e. The second-order valence-electron chi connectivity index (χ2n) is 4.80. The summed E-state index contributed by atoms with van der Waals surface area (Å²) in [6.45, 7) is 1.98. The van der Waals surface area contributed by atoms with Gasteiger partial charge in [0.15, 0.2) is 4.96 Å².